The molecular formula is C13H15ClFN3. The average Bonchev–Trinajstić information content (AvgIpc) is 2.79. The molecule has 0 aliphatic rings. The Hall–Kier alpha value is -1.39. The minimum Gasteiger partial charge on any atom is -0.309 e. The normalized spacial score (nSPS) is 11.2. The van der Waals surface area contributed by atoms with Crippen molar-refractivity contribution < 1.29 is 4.39 Å². The molecule has 0 aliphatic carbocycles. The Balaban J connectivity index is 2.16. The molecule has 2 rings (SSSR count). The Labute approximate surface area is 110 Å². The van der Waals surface area contributed by atoms with Gasteiger partial charge in [-0.05, 0) is 18.2 Å². The van der Waals surface area contributed by atoms with E-state index in [1.165, 1.54) is 12.1 Å². The minimum atomic E-state index is -0.431. The van der Waals surface area contributed by atoms with Gasteiger partial charge in [0.15, 0.2) is 0 Å². The lowest BCUT2D eigenvalue weighted by Crippen LogP contribution is -2.21. The summed E-state index contributed by atoms with van der Waals surface area (Å²) in [7, 11) is 0. The topological polar surface area (TPSA) is 40.7 Å². The van der Waals surface area contributed by atoms with Gasteiger partial charge in [0.2, 0.25) is 0 Å². The number of hydrogen-bond acceptors (Lipinski definition) is 2. The van der Waals surface area contributed by atoms with Gasteiger partial charge >= 0.3 is 0 Å². The van der Waals surface area contributed by atoms with E-state index < -0.39 is 5.82 Å². The molecule has 0 saturated carbocycles. The molecule has 0 atom stereocenters. The number of rotatable bonds is 4. The second kappa shape index (κ2) is 5.50. The third kappa shape index (κ3) is 3.09. The van der Waals surface area contributed by atoms with Crippen molar-refractivity contribution in [1.29, 1.82) is 0 Å². The van der Waals surface area contributed by atoms with Crippen LogP contribution in [0.2, 0.25) is 5.02 Å². The number of benzene rings is 1. The number of hydrogen-bond donors (Lipinski definition) is 2. The first-order valence-corrected chi connectivity index (χ1v) is 6.17. The van der Waals surface area contributed by atoms with Crippen molar-refractivity contribution >= 4 is 11.6 Å². The molecule has 2 N–H and O–H groups in total. The molecule has 0 amide bonds. The molecule has 0 fully saturated rings. The standard InChI is InChI=1S/C13H15ClFN3/c1-8(2)16-7-10-6-13(18-17-10)9-3-4-11(14)12(15)5-9/h3-6,8,16H,7H2,1-2H3,(H,17,18). The molecule has 18 heavy (non-hydrogen) atoms. The van der Waals surface area contributed by atoms with Crippen LogP contribution in [0.5, 0.6) is 0 Å². The van der Waals surface area contributed by atoms with Crippen molar-refractivity contribution in [2.24, 2.45) is 0 Å². The molecule has 0 bridgehead atoms. The summed E-state index contributed by atoms with van der Waals surface area (Å²) in [5.41, 5.74) is 2.39. The Morgan fingerprint density at radius 1 is 1.39 bits per heavy atom. The van der Waals surface area contributed by atoms with Crippen molar-refractivity contribution in [3.63, 3.8) is 0 Å². The smallest absolute Gasteiger partial charge is 0.142 e. The van der Waals surface area contributed by atoms with Gasteiger partial charge in [-0.1, -0.05) is 31.5 Å². The lowest BCUT2D eigenvalue weighted by Gasteiger charge is -2.04. The van der Waals surface area contributed by atoms with E-state index in [0.29, 0.717) is 23.8 Å². The summed E-state index contributed by atoms with van der Waals surface area (Å²) in [5, 5.41) is 10.5. The van der Waals surface area contributed by atoms with Crippen LogP contribution in [-0.2, 0) is 6.54 Å². The summed E-state index contributed by atoms with van der Waals surface area (Å²) < 4.78 is 13.3. The minimum absolute atomic E-state index is 0.121. The maximum absolute atomic E-state index is 13.3. The molecule has 1 aromatic heterocycles. The molecule has 96 valence electrons. The van der Waals surface area contributed by atoms with Gasteiger partial charge in [0.05, 0.1) is 10.7 Å². The fraction of sp³-hybridized carbons (Fsp3) is 0.308. The van der Waals surface area contributed by atoms with Gasteiger partial charge < -0.3 is 5.32 Å². The van der Waals surface area contributed by atoms with E-state index in [0.717, 1.165) is 5.69 Å². The van der Waals surface area contributed by atoms with Crippen LogP contribution in [0.1, 0.15) is 19.5 Å². The molecule has 5 heteroatoms. The molecule has 1 heterocycles. The number of nitrogens with one attached hydrogen (secondary N) is 2. The van der Waals surface area contributed by atoms with Crippen LogP contribution in [-0.4, -0.2) is 16.2 Å². The highest BCUT2D eigenvalue weighted by Crippen LogP contribution is 2.23. The zero-order valence-electron chi connectivity index (χ0n) is 10.3. The first-order valence-electron chi connectivity index (χ1n) is 5.79. The molecule has 0 spiro atoms. The first-order chi connectivity index (χ1) is 8.56. The number of nitrogens with zero attached hydrogens (tertiary/aromatic N) is 1. The van der Waals surface area contributed by atoms with Crippen LogP contribution in [0.4, 0.5) is 4.39 Å². The van der Waals surface area contributed by atoms with Crippen molar-refractivity contribution in [3.8, 4) is 11.3 Å². The summed E-state index contributed by atoms with van der Waals surface area (Å²) in [6, 6.07) is 6.98. The van der Waals surface area contributed by atoms with E-state index in [2.05, 4.69) is 29.4 Å². The summed E-state index contributed by atoms with van der Waals surface area (Å²) in [6.07, 6.45) is 0. The maximum Gasteiger partial charge on any atom is 0.142 e. The molecule has 0 radical (unpaired) electrons. The fourth-order valence-corrected chi connectivity index (χ4v) is 1.69. The molecule has 0 saturated heterocycles. The van der Waals surface area contributed by atoms with Gasteiger partial charge in [0.25, 0.3) is 0 Å². The van der Waals surface area contributed by atoms with E-state index in [1.54, 1.807) is 6.07 Å². The Morgan fingerprint density at radius 3 is 2.83 bits per heavy atom. The third-order valence-corrected chi connectivity index (χ3v) is 2.85. The number of aromatic nitrogens is 2. The highest BCUT2D eigenvalue weighted by Gasteiger charge is 2.07. The van der Waals surface area contributed by atoms with Gasteiger partial charge in [-0.3, -0.25) is 5.10 Å². The van der Waals surface area contributed by atoms with Crippen LogP contribution >= 0.6 is 11.6 Å². The largest absolute Gasteiger partial charge is 0.309 e. The predicted octanol–water partition coefficient (Wildman–Crippen LogP) is 3.37. The number of H-pyrrole nitrogens is 1. The van der Waals surface area contributed by atoms with Gasteiger partial charge in [-0.25, -0.2) is 4.39 Å². The highest BCUT2D eigenvalue weighted by molar-refractivity contribution is 6.30. The van der Waals surface area contributed by atoms with Crippen LogP contribution in [0.25, 0.3) is 11.3 Å². The van der Waals surface area contributed by atoms with E-state index in [1.807, 2.05) is 6.07 Å². The monoisotopic (exact) mass is 267 g/mol. The average molecular weight is 268 g/mol. The summed E-state index contributed by atoms with van der Waals surface area (Å²) in [4.78, 5) is 0. The molecule has 0 aliphatic heterocycles. The quantitative estimate of drug-likeness (QED) is 0.892. The third-order valence-electron chi connectivity index (χ3n) is 2.55. The van der Waals surface area contributed by atoms with E-state index >= 15 is 0 Å². The summed E-state index contributed by atoms with van der Waals surface area (Å²) in [6.45, 7) is 4.86. The van der Waals surface area contributed by atoms with E-state index in [4.69, 9.17) is 11.6 Å². The first kappa shape index (κ1) is 13.1. The molecule has 0 unspecified atom stereocenters. The van der Waals surface area contributed by atoms with E-state index in [-0.39, 0.29) is 5.02 Å². The van der Waals surface area contributed by atoms with Crippen LogP contribution in [0.15, 0.2) is 24.3 Å². The van der Waals surface area contributed by atoms with Gasteiger partial charge in [-0.2, -0.15) is 5.10 Å². The molecular weight excluding hydrogens is 253 g/mol. The van der Waals surface area contributed by atoms with Crippen LogP contribution in [0, 0.1) is 5.82 Å². The maximum atomic E-state index is 13.3. The van der Waals surface area contributed by atoms with Gasteiger partial charge in [0, 0.05) is 23.8 Å². The SMILES string of the molecule is CC(C)NCc1cc(-c2ccc(Cl)c(F)c2)n[nH]1. The lowest BCUT2D eigenvalue weighted by atomic mass is 10.1. The molecule has 3 nitrogen and oxygen atoms in total. The Morgan fingerprint density at radius 2 is 2.17 bits per heavy atom. The van der Waals surface area contributed by atoms with Crippen LogP contribution < -0.4 is 5.32 Å². The summed E-state index contributed by atoms with van der Waals surface area (Å²) >= 11 is 5.64. The van der Waals surface area contributed by atoms with Crippen molar-refractivity contribution in [2.75, 3.05) is 0 Å². The van der Waals surface area contributed by atoms with Crippen molar-refractivity contribution in [1.82, 2.24) is 15.5 Å². The second-order valence-corrected chi connectivity index (χ2v) is 4.85. The van der Waals surface area contributed by atoms with Gasteiger partial charge in [-0.15, -0.1) is 0 Å². The highest BCUT2D eigenvalue weighted by atomic mass is 35.5. The zero-order chi connectivity index (χ0) is 13.1. The molecule has 1 aromatic carbocycles. The second-order valence-electron chi connectivity index (χ2n) is 4.44. The summed E-state index contributed by atoms with van der Waals surface area (Å²) in [5.74, 6) is -0.431. The number of halogens is 2. The van der Waals surface area contributed by atoms with E-state index in [9.17, 15) is 4.39 Å². The van der Waals surface area contributed by atoms with Crippen molar-refractivity contribution in [2.45, 2.75) is 26.4 Å². The Kier molecular flexibility index (Phi) is 3.99. The van der Waals surface area contributed by atoms with Crippen LogP contribution in [0.3, 0.4) is 0 Å². The Bertz CT molecular complexity index is 537. The van der Waals surface area contributed by atoms with Crippen molar-refractivity contribution in [3.05, 3.63) is 40.8 Å². The lowest BCUT2D eigenvalue weighted by molar-refractivity contribution is 0.580. The zero-order valence-corrected chi connectivity index (χ0v) is 11.1. The van der Waals surface area contributed by atoms with Gasteiger partial charge in [0.1, 0.15) is 5.82 Å². The number of aromatic amines is 1. The molecule has 2 aromatic rings. The predicted molar refractivity (Wildman–Crippen MR) is 71.0 cm³/mol. The fourth-order valence-electron chi connectivity index (χ4n) is 1.57.